The quantitative estimate of drug-likeness (QED) is 0.141. The van der Waals surface area contributed by atoms with E-state index in [1.165, 1.54) is 36.2 Å². The summed E-state index contributed by atoms with van der Waals surface area (Å²) in [7, 11) is 0. The Morgan fingerprint density at radius 1 is 1.28 bits per heavy atom. The second kappa shape index (κ2) is 10.8. The van der Waals surface area contributed by atoms with Gasteiger partial charge >= 0.3 is 5.97 Å². The molecule has 10 heteroatoms. The predicted octanol–water partition coefficient (Wildman–Crippen LogP) is 5.58. The molecule has 4 aliphatic carbocycles. The van der Waals surface area contributed by atoms with E-state index >= 15 is 0 Å². The Morgan fingerprint density at radius 3 is 2.74 bits per heavy atom. The topological polar surface area (TPSA) is 117 Å². The number of aliphatic hydroxyl groups excluding tert-OH is 1. The number of fused-ring (bicyclic) bond motifs is 5. The average molecular weight is 612 g/mol. The van der Waals surface area contributed by atoms with Crippen LogP contribution in [0, 0.1) is 39.8 Å². The number of rotatable bonds is 7. The SMILES string of the molecule is C[C@]12CC(C=N)=C([NH2+]c3ccc(F)c(CF)c3)C=C1CC[C@@H]1C2[C@@H](O)C[C@@]2(C)C1CC[C@]2(OC(=O)c1ccco1)C(=O)S. The predicted molar refractivity (Wildman–Crippen MR) is 158 cm³/mol. The summed E-state index contributed by atoms with van der Waals surface area (Å²) in [5.74, 6) is -1.34. The molecule has 0 aliphatic heterocycles. The van der Waals surface area contributed by atoms with Crippen LogP contribution >= 0.6 is 12.6 Å². The van der Waals surface area contributed by atoms with Crippen LogP contribution in [0.1, 0.15) is 68.5 Å². The van der Waals surface area contributed by atoms with Crippen molar-refractivity contribution < 1.29 is 37.9 Å². The van der Waals surface area contributed by atoms with Crippen molar-refractivity contribution in [3.8, 4) is 0 Å². The lowest BCUT2D eigenvalue weighted by Gasteiger charge is -2.60. The molecule has 2 aromatic rings. The Balaban J connectivity index is 1.31. The number of thiol groups is 1. The molecule has 7 nitrogen and oxygen atoms in total. The van der Waals surface area contributed by atoms with Crippen LogP contribution in [-0.4, -0.2) is 34.1 Å². The highest BCUT2D eigenvalue weighted by atomic mass is 32.1. The Morgan fingerprint density at radius 2 is 2.07 bits per heavy atom. The summed E-state index contributed by atoms with van der Waals surface area (Å²) in [4.78, 5) is 26.2. The van der Waals surface area contributed by atoms with Gasteiger partial charge in [-0.3, -0.25) is 10.1 Å². The van der Waals surface area contributed by atoms with Gasteiger partial charge in [-0.1, -0.05) is 19.4 Å². The minimum atomic E-state index is -1.49. The van der Waals surface area contributed by atoms with E-state index in [2.05, 4.69) is 25.6 Å². The number of nitrogens with one attached hydrogen (secondary N) is 1. The third-order valence-electron chi connectivity index (χ3n) is 11.1. The number of esters is 1. The Bertz CT molecular complexity index is 1540. The largest absolute Gasteiger partial charge is 0.457 e. The smallest absolute Gasteiger partial charge is 0.375 e. The van der Waals surface area contributed by atoms with E-state index in [-0.39, 0.29) is 35.5 Å². The number of allylic oxidation sites excluding steroid dienone is 3. The first-order valence-electron chi connectivity index (χ1n) is 14.8. The second-order valence-corrected chi connectivity index (χ2v) is 13.5. The zero-order valence-electron chi connectivity index (χ0n) is 24.2. The van der Waals surface area contributed by atoms with Gasteiger partial charge in [0.05, 0.1) is 12.4 Å². The lowest BCUT2D eigenvalue weighted by Crippen LogP contribution is -2.76. The lowest BCUT2D eigenvalue weighted by atomic mass is 9.45. The molecule has 7 atom stereocenters. The zero-order valence-corrected chi connectivity index (χ0v) is 25.1. The maximum Gasteiger partial charge on any atom is 0.375 e. The molecule has 0 amide bonds. The van der Waals surface area contributed by atoms with Crippen molar-refractivity contribution in [3.05, 3.63) is 76.7 Å². The van der Waals surface area contributed by atoms with Crippen molar-refractivity contribution in [2.24, 2.45) is 28.6 Å². The zero-order chi connectivity index (χ0) is 30.7. The number of aliphatic hydroxyl groups is 1. The third-order valence-corrected chi connectivity index (χ3v) is 11.5. The number of hydrogen-bond acceptors (Lipinski definition) is 6. The first-order chi connectivity index (χ1) is 20.5. The minimum absolute atomic E-state index is 0.00453. The van der Waals surface area contributed by atoms with Gasteiger partial charge in [-0.25, -0.2) is 13.6 Å². The van der Waals surface area contributed by atoms with Gasteiger partial charge < -0.3 is 19.7 Å². The molecular weight excluding hydrogens is 574 g/mol. The van der Waals surface area contributed by atoms with E-state index in [1.54, 1.807) is 12.1 Å². The van der Waals surface area contributed by atoms with Crippen molar-refractivity contribution in [1.29, 1.82) is 5.41 Å². The summed E-state index contributed by atoms with van der Waals surface area (Å²) in [6.45, 7) is 3.21. The van der Waals surface area contributed by atoms with Crippen molar-refractivity contribution in [1.82, 2.24) is 0 Å². The van der Waals surface area contributed by atoms with Gasteiger partial charge in [0, 0.05) is 34.9 Å². The van der Waals surface area contributed by atoms with Crippen LogP contribution in [-0.2, 0) is 16.2 Å². The molecule has 0 spiro atoms. The molecule has 4 N–H and O–H groups in total. The molecule has 1 aromatic heterocycles. The first-order valence-corrected chi connectivity index (χ1v) is 15.2. The van der Waals surface area contributed by atoms with Crippen molar-refractivity contribution in [2.45, 2.75) is 70.8 Å². The average Bonchev–Trinajstić information content (AvgIpc) is 3.61. The highest BCUT2D eigenvalue weighted by Gasteiger charge is 2.70. The van der Waals surface area contributed by atoms with Crippen LogP contribution in [0.5, 0.6) is 0 Å². The summed E-state index contributed by atoms with van der Waals surface area (Å²) in [5.41, 5.74) is 0.716. The summed E-state index contributed by atoms with van der Waals surface area (Å²) < 4.78 is 38.4. The van der Waals surface area contributed by atoms with Crippen molar-refractivity contribution >= 4 is 35.6 Å². The fraction of sp³-hybridized carbons (Fsp3) is 0.485. The van der Waals surface area contributed by atoms with Crippen LogP contribution in [0.3, 0.4) is 0 Å². The number of nitrogens with two attached hydrogens (primary N) is 1. The van der Waals surface area contributed by atoms with E-state index < -0.39 is 46.1 Å². The molecule has 2 unspecified atom stereocenters. The van der Waals surface area contributed by atoms with E-state index in [9.17, 15) is 23.5 Å². The van der Waals surface area contributed by atoms with Gasteiger partial charge in [0.1, 0.15) is 23.9 Å². The van der Waals surface area contributed by atoms with Gasteiger partial charge in [-0.05, 0) is 86.0 Å². The molecule has 0 radical (unpaired) electrons. The highest BCUT2D eigenvalue weighted by molar-refractivity contribution is 7.96. The molecular formula is C33H37F2N2O5S+. The minimum Gasteiger partial charge on any atom is -0.457 e. The lowest BCUT2D eigenvalue weighted by molar-refractivity contribution is -0.513. The van der Waals surface area contributed by atoms with E-state index in [4.69, 9.17) is 14.6 Å². The number of quaternary nitrogens is 1. The Kier molecular flexibility index (Phi) is 7.54. The fourth-order valence-corrected chi connectivity index (χ4v) is 9.52. The molecule has 6 rings (SSSR count). The number of alkyl halides is 1. The molecule has 228 valence electrons. The number of carbonyl (C=O) groups excluding carboxylic acids is 2. The van der Waals surface area contributed by atoms with Crippen molar-refractivity contribution in [3.63, 3.8) is 0 Å². The maximum atomic E-state index is 13.9. The molecule has 3 fully saturated rings. The molecule has 1 heterocycles. The molecule has 1 aromatic carbocycles. The fourth-order valence-electron chi connectivity index (χ4n) is 9.11. The summed E-state index contributed by atoms with van der Waals surface area (Å²) in [5, 5.41) is 21.5. The van der Waals surface area contributed by atoms with E-state index in [1.807, 2.05) is 12.2 Å². The number of benzene rings is 1. The van der Waals surface area contributed by atoms with Crippen LogP contribution in [0.15, 0.2) is 63.9 Å². The number of halogens is 2. The standard InChI is InChI=1S/C33H36F2N2O5S/c1-31-14-19(17-36)25(37-21-6-8-24(35)18(12-21)16-34)13-20(31)5-7-22-23-9-10-33(30(40)43,32(23,2)15-26(38)28(22)31)42-29(39)27-4-3-11-41-27/h3-4,6,8,11-13,17,22-23,26,28,36-38H,5,7,9-10,14-16H2,1-2H3,(H,40,43)/p+1/t22-,23?,26-,28?,31-,32-,33-/m0/s1. The molecule has 4 aliphatic rings. The number of carbonyl (C=O) groups is 2. The molecule has 0 saturated heterocycles. The Labute approximate surface area is 254 Å². The normalized spacial score (nSPS) is 35.0. The van der Waals surface area contributed by atoms with Gasteiger partial charge in [-0.2, -0.15) is 0 Å². The number of furan rings is 1. The van der Waals surface area contributed by atoms with Crippen molar-refractivity contribution in [2.75, 3.05) is 0 Å². The first kappa shape index (κ1) is 30.0. The van der Waals surface area contributed by atoms with Crippen LogP contribution in [0.25, 0.3) is 0 Å². The molecule has 0 bridgehead atoms. The molecule has 3 saturated carbocycles. The van der Waals surface area contributed by atoms with E-state index in [0.29, 0.717) is 24.9 Å². The van der Waals surface area contributed by atoms with Crippen LogP contribution in [0.2, 0.25) is 0 Å². The van der Waals surface area contributed by atoms with Gasteiger partial charge in [0.15, 0.2) is 5.60 Å². The van der Waals surface area contributed by atoms with Gasteiger partial charge in [0.2, 0.25) is 10.9 Å². The summed E-state index contributed by atoms with van der Waals surface area (Å²) in [6.07, 6.45) is 7.36. The molecule has 43 heavy (non-hydrogen) atoms. The maximum absolute atomic E-state index is 13.9. The monoisotopic (exact) mass is 611 g/mol. The Hall–Kier alpha value is -3.08. The van der Waals surface area contributed by atoms with Crippen LogP contribution < -0.4 is 5.32 Å². The second-order valence-electron chi connectivity index (χ2n) is 13.1. The summed E-state index contributed by atoms with van der Waals surface area (Å²) in [6, 6.07) is 7.43. The van der Waals surface area contributed by atoms with Gasteiger partial charge in [-0.15, -0.1) is 12.6 Å². The number of ether oxygens (including phenoxy) is 1. The van der Waals surface area contributed by atoms with Gasteiger partial charge in [0.25, 0.3) is 0 Å². The highest BCUT2D eigenvalue weighted by Crippen LogP contribution is 2.68. The van der Waals surface area contributed by atoms with Crippen LogP contribution in [0.4, 0.5) is 14.5 Å². The third kappa shape index (κ3) is 4.56. The summed E-state index contributed by atoms with van der Waals surface area (Å²) >= 11 is 4.24. The van der Waals surface area contributed by atoms with E-state index in [0.717, 1.165) is 24.1 Å². The number of hydrogen-bond donors (Lipinski definition) is 4.